The van der Waals surface area contributed by atoms with Crippen LogP contribution in [-0.2, 0) is 20.5 Å². The van der Waals surface area contributed by atoms with Crippen LogP contribution in [0.5, 0.6) is 0 Å². The van der Waals surface area contributed by atoms with Gasteiger partial charge in [0.15, 0.2) is 12.4 Å². The van der Waals surface area contributed by atoms with Crippen LogP contribution < -0.4 is 4.57 Å². The predicted molar refractivity (Wildman–Crippen MR) is 63.7 cm³/mol. The van der Waals surface area contributed by atoms with Gasteiger partial charge in [0.1, 0.15) is 0 Å². The van der Waals surface area contributed by atoms with Crippen LogP contribution in [0.1, 0.15) is 26.6 Å². The molecule has 110 valence electrons. The average molecular weight is 313 g/mol. The second kappa shape index (κ2) is 7.50. The summed E-state index contributed by atoms with van der Waals surface area (Å²) in [4.78, 5) is 0. The SMILES string of the molecule is CCCC([n+]1ccccc1)S(=O)(=O)O.O=S(=O)([O-])[O-].[H+]. The molecule has 0 aliphatic carbocycles. The maximum Gasteiger partial charge on any atom is 1.00 e. The summed E-state index contributed by atoms with van der Waals surface area (Å²) in [6.45, 7) is 1.88. The minimum atomic E-state index is -5.17. The topological polar surface area (TPSA) is 139 Å². The molecular weight excluding hydrogens is 298 g/mol. The maximum atomic E-state index is 11.1. The Hall–Kier alpha value is -1.07. The van der Waals surface area contributed by atoms with E-state index >= 15 is 0 Å². The lowest BCUT2D eigenvalue weighted by atomic mass is 10.3. The first kappa shape index (κ1) is 17.9. The molecule has 0 spiro atoms. The van der Waals surface area contributed by atoms with Crippen molar-refractivity contribution in [2.45, 2.75) is 25.1 Å². The Morgan fingerprint density at radius 1 is 1.16 bits per heavy atom. The van der Waals surface area contributed by atoms with Crippen molar-refractivity contribution >= 4 is 20.5 Å². The van der Waals surface area contributed by atoms with Crippen molar-refractivity contribution in [2.75, 3.05) is 0 Å². The molecule has 0 saturated carbocycles. The first-order valence-corrected chi connectivity index (χ1v) is 7.98. The monoisotopic (exact) mass is 313 g/mol. The highest BCUT2D eigenvalue weighted by molar-refractivity contribution is 7.85. The lowest BCUT2D eigenvalue weighted by Gasteiger charge is -2.07. The average Bonchev–Trinajstić information content (AvgIpc) is 2.23. The molecular formula is C9H15NO7S2. The summed E-state index contributed by atoms with van der Waals surface area (Å²) in [5, 5.41) is -0.867. The van der Waals surface area contributed by atoms with Gasteiger partial charge in [-0.15, -0.1) is 0 Å². The molecule has 0 bridgehead atoms. The van der Waals surface area contributed by atoms with Crippen molar-refractivity contribution in [3.05, 3.63) is 30.6 Å². The van der Waals surface area contributed by atoms with E-state index in [1.54, 1.807) is 30.6 Å². The molecule has 1 aromatic rings. The van der Waals surface area contributed by atoms with Gasteiger partial charge >= 0.3 is 11.5 Å². The van der Waals surface area contributed by atoms with E-state index in [9.17, 15) is 8.42 Å². The Morgan fingerprint density at radius 2 is 1.58 bits per heavy atom. The Morgan fingerprint density at radius 3 is 1.89 bits per heavy atom. The van der Waals surface area contributed by atoms with Crippen LogP contribution in [0.4, 0.5) is 0 Å². The molecule has 1 aromatic heterocycles. The van der Waals surface area contributed by atoms with Gasteiger partial charge in [0.05, 0.1) is 0 Å². The third-order valence-corrected chi connectivity index (χ3v) is 3.12. The molecule has 10 heteroatoms. The summed E-state index contributed by atoms with van der Waals surface area (Å²) in [7, 11) is -9.18. The summed E-state index contributed by atoms with van der Waals surface area (Å²) >= 11 is 0. The molecule has 0 fully saturated rings. The molecule has 1 atom stereocenters. The van der Waals surface area contributed by atoms with E-state index in [0.717, 1.165) is 0 Å². The zero-order valence-corrected chi connectivity index (χ0v) is 11.7. The number of nitrogens with zero attached hydrogens (tertiary/aromatic N) is 1. The fourth-order valence-corrected chi connectivity index (χ4v) is 2.28. The lowest BCUT2D eigenvalue weighted by Crippen LogP contribution is -2.42. The summed E-state index contributed by atoms with van der Waals surface area (Å²) < 4.78 is 66.7. The molecule has 0 amide bonds. The van der Waals surface area contributed by atoms with E-state index in [0.29, 0.717) is 12.8 Å². The number of pyridine rings is 1. The van der Waals surface area contributed by atoms with Crippen molar-refractivity contribution < 1.29 is 36.5 Å². The van der Waals surface area contributed by atoms with Crippen LogP contribution in [0.15, 0.2) is 30.6 Å². The molecule has 0 radical (unpaired) electrons. The van der Waals surface area contributed by atoms with E-state index in [1.807, 2.05) is 6.92 Å². The zero-order chi connectivity index (χ0) is 15.1. The molecule has 1 N–H and O–H groups in total. The second-order valence-electron chi connectivity index (χ2n) is 3.49. The zero-order valence-electron chi connectivity index (χ0n) is 11.0. The van der Waals surface area contributed by atoms with Gasteiger partial charge in [-0.05, 0) is 6.42 Å². The van der Waals surface area contributed by atoms with Gasteiger partial charge in [0.2, 0.25) is 0 Å². The molecule has 8 nitrogen and oxygen atoms in total. The largest absolute Gasteiger partial charge is 1.00 e. The second-order valence-corrected chi connectivity index (χ2v) is 5.88. The van der Waals surface area contributed by atoms with Crippen LogP contribution in [0.3, 0.4) is 0 Å². The Kier molecular flexibility index (Phi) is 7.08. The van der Waals surface area contributed by atoms with Gasteiger partial charge < -0.3 is 9.11 Å². The van der Waals surface area contributed by atoms with Crippen LogP contribution in [0, 0.1) is 0 Å². The van der Waals surface area contributed by atoms with Gasteiger partial charge in [-0.3, -0.25) is 13.0 Å². The fraction of sp³-hybridized carbons (Fsp3) is 0.444. The maximum absolute atomic E-state index is 11.1. The number of hydrogen-bond acceptors (Lipinski definition) is 6. The fourth-order valence-electron chi connectivity index (χ4n) is 1.30. The minimum Gasteiger partial charge on any atom is -0.759 e. The Labute approximate surface area is 113 Å². The summed E-state index contributed by atoms with van der Waals surface area (Å²) in [5.41, 5.74) is 0. The minimum absolute atomic E-state index is 0. The number of rotatable bonds is 4. The standard InChI is InChI=1S/C9H13NO3S.H2O4S/c1-2-6-9(14(11,12)13)10-7-4-3-5-8-10;1-5(2,3)4/h3-5,7-9H,2,6H2,1H3;(H2,1,2,3,4). The third kappa shape index (κ3) is 9.50. The van der Waals surface area contributed by atoms with Crippen LogP contribution in [-0.4, -0.2) is 30.5 Å². The molecule has 1 rings (SSSR count). The molecule has 0 aliphatic rings. The Balaban J connectivity index is 0. The van der Waals surface area contributed by atoms with Gasteiger partial charge in [0.25, 0.3) is 5.37 Å². The van der Waals surface area contributed by atoms with E-state index in [4.69, 9.17) is 22.1 Å². The summed E-state index contributed by atoms with van der Waals surface area (Å²) in [6.07, 6.45) is 4.38. The first-order chi connectivity index (χ1) is 8.55. The predicted octanol–water partition coefficient (Wildman–Crippen LogP) is -0.0649. The van der Waals surface area contributed by atoms with E-state index < -0.39 is 25.9 Å². The number of hydrogen-bond donors (Lipinski definition) is 1. The van der Waals surface area contributed by atoms with Crippen LogP contribution in [0.25, 0.3) is 0 Å². The van der Waals surface area contributed by atoms with Crippen molar-refractivity contribution in [3.63, 3.8) is 0 Å². The van der Waals surface area contributed by atoms with Gasteiger partial charge in [-0.1, -0.05) is 13.0 Å². The normalized spacial score (nSPS) is 13.3. The van der Waals surface area contributed by atoms with Gasteiger partial charge in [-0.2, -0.15) is 13.0 Å². The van der Waals surface area contributed by atoms with Crippen LogP contribution in [0.2, 0.25) is 0 Å². The van der Waals surface area contributed by atoms with Gasteiger partial charge in [-0.25, -0.2) is 0 Å². The quantitative estimate of drug-likeness (QED) is 0.466. The molecule has 0 aliphatic heterocycles. The van der Waals surface area contributed by atoms with E-state index in [-0.39, 0.29) is 1.43 Å². The first-order valence-electron chi connectivity index (χ1n) is 5.14. The van der Waals surface area contributed by atoms with E-state index in [1.165, 1.54) is 4.57 Å². The highest BCUT2D eigenvalue weighted by atomic mass is 32.3. The van der Waals surface area contributed by atoms with Crippen molar-refractivity contribution in [2.24, 2.45) is 0 Å². The molecule has 1 unspecified atom stereocenters. The molecule has 19 heavy (non-hydrogen) atoms. The molecule has 0 aromatic carbocycles. The Bertz CT molecular complexity index is 566. The summed E-state index contributed by atoms with van der Waals surface area (Å²) in [6, 6.07) is 5.26. The molecule has 1 heterocycles. The molecule has 0 saturated heterocycles. The van der Waals surface area contributed by atoms with Gasteiger partial charge in [0, 0.05) is 29.0 Å². The number of aromatic nitrogens is 1. The van der Waals surface area contributed by atoms with Crippen molar-refractivity contribution in [1.82, 2.24) is 0 Å². The van der Waals surface area contributed by atoms with E-state index in [2.05, 4.69) is 0 Å². The van der Waals surface area contributed by atoms with Crippen molar-refractivity contribution in [1.29, 1.82) is 0 Å². The van der Waals surface area contributed by atoms with Crippen LogP contribution >= 0.6 is 0 Å². The lowest BCUT2D eigenvalue weighted by molar-refractivity contribution is -0.702. The van der Waals surface area contributed by atoms with Crippen molar-refractivity contribution in [3.8, 4) is 0 Å². The highest BCUT2D eigenvalue weighted by Crippen LogP contribution is 2.12. The highest BCUT2D eigenvalue weighted by Gasteiger charge is 2.30. The smallest absolute Gasteiger partial charge is 0.759 e. The third-order valence-electron chi connectivity index (χ3n) is 1.95. The summed E-state index contributed by atoms with van der Waals surface area (Å²) in [5.74, 6) is 0.